The molecule has 2 aromatic rings. The maximum absolute atomic E-state index is 11.0. The van der Waals surface area contributed by atoms with E-state index in [4.69, 9.17) is 4.74 Å². The van der Waals surface area contributed by atoms with Crippen molar-refractivity contribution in [1.82, 2.24) is 0 Å². The van der Waals surface area contributed by atoms with E-state index >= 15 is 0 Å². The van der Waals surface area contributed by atoms with E-state index in [0.29, 0.717) is 12.4 Å². The molecule has 0 aliphatic carbocycles. The van der Waals surface area contributed by atoms with Crippen molar-refractivity contribution in [3.8, 4) is 5.75 Å². The zero-order chi connectivity index (χ0) is 14.0. The molecule has 0 unspecified atom stereocenters. The summed E-state index contributed by atoms with van der Waals surface area (Å²) >= 11 is 0. The molecule has 0 N–H and O–H groups in total. The summed E-state index contributed by atoms with van der Waals surface area (Å²) in [6.07, 6.45) is 0. The van der Waals surface area contributed by atoms with Crippen LogP contribution < -0.4 is 4.74 Å². The van der Waals surface area contributed by atoms with E-state index in [0.717, 1.165) is 12.1 Å². The van der Waals surface area contributed by atoms with Crippen LogP contribution in [0.1, 0.15) is 6.92 Å². The first-order valence-electron chi connectivity index (χ1n) is 5.53. The van der Waals surface area contributed by atoms with Crippen molar-refractivity contribution in [2.45, 2.75) is 6.92 Å². The summed E-state index contributed by atoms with van der Waals surface area (Å²) in [5, 5.41) is 22.3. The third kappa shape index (κ3) is 2.30. The highest BCUT2D eigenvalue weighted by atomic mass is 16.6. The van der Waals surface area contributed by atoms with Crippen LogP contribution in [0.25, 0.3) is 10.8 Å². The van der Waals surface area contributed by atoms with Gasteiger partial charge in [0.15, 0.2) is 0 Å². The number of fused-ring (bicyclic) bond motifs is 1. The van der Waals surface area contributed by atoms with Crippen molar-refractivity contribution in [1.29, 1.82) is 0 Å². The number of hydrogen-bond donors (Lipinski definition) is 0. The van der Waals surface area contributed by atoms with Crippen molar-refractivity contribution in [2.75, 3.05) is 6.61 Å². The summed E-state index contributed by atoms with van der Waals surface area (Å²) in [5.41, 5.74) is -0.342. The van der Waals surface area contributed by atoms with Crippen LogP contribution in [0.15, 0.2) is 30.3 Å². The number of hydrogen-bond acceptors (Lipinski definition) is 5. The van der Waals surface area contributed by atoms with Gasteiger partial charge in [0.25, 0.3) is 11.4 Å². The average molecular weight is 262 g/mol. The van der Waals surface area contributed by atoms with Crippen LogP contribution in [0.2, 0.25) is 0 Å². The van der Waals surface area contributed by atoms with Gasteiger partial charge in [0.2, 0.25) is 0 Å². The summed E-state index contributed by atoms with van der Waals surface area (Å²) in [6.45, 7) is 2.19. The molecule has 0 bridgehead atoms. The number of rotatable bonds is 4. The lowest BCUT2D eigenvalue weighted by molar-refractivity contribution is -0.386. The van der Waals surface area contributed by atoms with Gasteiger partial charge in [-0.2, -0.15) is 0 Å². The third-order valence-corrected chi connectivity index (χ3v) is 2.65. The molecule has 0 atom stereocenters. The first-order valence-corrected chi connectivity index (χ1v) is 5.53. The second-order valence-corrected chi connectivity index (χ2v) is 3.76. The Kier molecular flexibility index (Phi) is 3.28. The maximum Gasteiger partial charge on any atom is 0.277 e. The Labute approximate surface area is 107 Å². The number of nitro groups is 2. The molecular formula is C12H10N2O5. The van der Waals surface area contributed by atoms with Crippen LogP contribution in [0, 0.1) is 20.2 Å². The van der Waals surface area contributed by atoms with Gasteiger partial charge in [0.05, 0.1) is 27.2 Å². The second kappa shape index (κ2) is 4.89. The number of nitro benzene ring substituents is 2. The molecule has 7 heteroatoms. The van der Waals surface area contributed by atoms with E-state index in [2.05, 4.69) is 0 Å². The van der Waals surface area contributed by atoms with E-state index in [9.17, 15) is 20.2 Å². The molecule has 2 aromatic carbocycles. The zero-order valence-corrected chi connectivity index (χ0v) is 10.0. The number of ether oxygens (including phenoxy) is 1. The van der Waals surface area contributed by atoms with Gasteiger partial charge < -0.3 is 4.74 Å². The van der Waals surface area contributed by atoms with Gasteiger partial charge in [-0.05, 0) is 25.1 Å². The number of non-ortho nitro benzene ring substituents is 2. The quantitative estimate of drug-likeness (QED) is 0.623. The summed E-state index contributed by atoms with van der Waals surface area (Å²) in [4.78, 5) is 20.7. The minimum atomic E-state index is -0.568. The van der Waals surface area contributed by atoms with Gasteiger partial charge in [-0.3, -0.25) is 20.2 Å². The first kappa shape index (κ1) is 12.7. The zero-order valence-electron chi connectivity index (χ0n) is 10.0. The Hall–Kier alpha value is -2.70. The normalized spacial score (nSPS) is 10.4. The lowest BCUT2D eigenvalue weighted by Crippen LogP contribution is -1.96. The second-order valence-electron chi connectivity index (χ2n) is 3.76. The smallest absolute Gasteiger partial charge is 0.277 e. The Balaban J connectivity index is 2.77. The van der Waals surface area contributed by atoms with Crippen molar-refractivity contribution >= 4 is 22.1 Å². The molecule has 0 heterocycles. The maximum atomic E-state index is 11.0. The molecule has 98 valence electrons. The molecule has 0 aliphatic rings. The van der Waals surface area contributed by atoms with E-state index in [1.165, 1.54) is 12.1 Å². The van der Waals surface area contributed by atoms with Crippen LogP contribution in [0.3, 0.4) is 0 Å². The van der Waals surface area contributed by atoms with Crippen molar-refractivity contribution in [3.63, 3.8) is 0 Å². The average Bonchev–Trinajstić information content (AvgIpc) is 2.37. The fourth-order valence-electron chi connectivity index (χ4n) is 1.87. The molecule has 0 fully saturated rings. The van der Waals surface area contributed by atoms with Crippen molar-refractivity contribution < 1.29 is 14.6 Å². The predicted molar refractivity (Wildman–Crippen MR) is 68.4 cm³/mol. The van der Waals surface area contributed by atoms with Gasteiger partial charge >= 0.3 is 0 Å². The highest BCUT2D eigenvalue weighted by Crippen LogP contribution is 2.35. The van der Waals surface area contributed by atoms with Crippen LogP contribution in [-0.2, 0) is 0 Å². The molecule has 0 radical (unpaired) electrons. The summed E-state index contributed by atoms with van der Waals surface area (Å²) in [5.74, 6) is 0.443. The molecule has 0 aliphatic heterocycles. The molecule has 7 nitrogen and oxygen atoms in total. The monoisotopic (exact) mass is 262 g/mol. The van der Waals surface area contributed by atoms with E-state index in [1.54, 1.807) is 13.0 Å². The predicted octanol–water partition coefficient (Wildman–Crippen LogP) is 3.05. The Morgan fingerprint density at radius 1 is 1.00 bits per heavy atom. The van der Waals surface area contributed by atoms with Crippen molar-refractivity contribution in [3.05, 3.63) is 50.6 Å². The lowest BCUT2D eigenvalue weighted by Gasteiger charge is -2.05. The SMILES string of the molecule is CCOc1ccc2c([N+](=O)[O-])ccc([N+](=O)[O-])c2c1. The fraction of sp³-hybridized carbons (Fsp3) is 0.167. The molecular weight excluding hydrogens is 252 g/mol. The van der Waals surface area contributed by atoms with E-state index < -0.39 is 9.85 Å². The standard InChI is InChI=1S/C12H10N2O5/c1-2-19-8-3-4-9-10(7-8)12(14(17)18)6-5-11(9)13(15)16/h3-7H,2H2,1H3. The van der Waals surface area contributed by atoms with Gasteiger partial charge in [0.1, 0.15) is 5.75 Å². The highest BCUT2D eigenvalue weighted by Gasteiger charge is 2.20. The van der Waals surface area contributed by atoms with Gasteiger partial charge in [-0.1, -0.05) is 0 Å². The largest absolute Gasteiger partial charge is 0.494 e. The lowest BCUT2D eigenvalue weighted by atomic mass is 10.1. The topological polar surface area (TPSA) is 95.5 Å². The molecule has 0 aromatic heterocycles. The fourth-order valence-corrected chi connectivity index (χ4v) is 1.87. The summed E-state index contributed by atoms with van der Waals surface area (Å²) in [6, 6.07) is 6.75. The third-order valence-electron chi connectivity index (χ3n) is 2.65. The summed E-state index contributed by atoms with van der Waals surface area (Å²) in [7, 11) is 0. The summed E-state index contributed by atoms with van der Waals surface area (Å²) < 4.78 is 5.26. The van der Waals surface area contributed by atoms with Crippen LogP contribution in [-0.4, -0.2) is 16.5 Å². The van der Waals surface area contributed by atoms with E-state index in [-0.39, 0.29) is 22.1 Å². The molecule has 2 rings (SSSR count). The van der Waals surface area contributed by atoms with E-state index in [1.807, 2.05) is 0 Å². The Morgan fingerprint density at radius 3 is 2.11 bits per heavy atom. The van der Waals surface area contributed by atoms with Gasteiger partial charge in [-0.15, -0.1) is 0 Å². The van der Waals surface area contributed by atoms with Crippen molar-refractivity contribution in [2.24, 2.45) is 0 Å². The van der Waals surface area contributed by atoms with Gasteiger partial charge in [0, 0.05) is 12.1 Å². The highest BCUT2D eigenvalue weighted by molar-refractivity contribution is 5.98. The number of benzene rings is 2. The Bertz CT molecular complexity index is 668. The minimum Gasteiger partial charge on any atom is -0.494 e. The Morgan fingerprint density at radius 2 is 1.58 bits per heavy atom. The van der Waals surface area contributed by atoms with Gasteiger partial charge in [-0.25, -0.2) is 0 Å². The molecule has 19 heavy (non-hydrogen) atoms. The molecule has 0 spiro atoms. The molecule has 0 saturated carbocycles. The minimum absolute atomic E-state index is 0.163. The van der Waals surface area contributed by atoms with Crippen LogP contribution in [0.5, 0.6) is 5.75 Å². The number of nitrogens with zero attached hydrogens (tertiary/aromatic N) is 2. The molecule has 0 amide bonds. The molecule has 0 saturated heterocycles. The van der Waals surface area contributed by atoms with Crippen LogP contribution in [0.4, 0.5) is 11.4 Å². The van der Waals surface area contributed by atoms with Crippen LogP contribution >= 0.6 is 0 Å². The first-order chi connectivity index (χ1) is 9.04.